The smallest absolute Gasteiger partial charge is 0.261 e. The number of ether oxygens (including phenoxy) is 1. The van der Waals surface area contributed by atoms with E-state index < -0.39 is 10.0 Å². The van der Waals surface area contributed by atoms with E-state index in [2.05, 4.69) is 24.2 Å². The third-order valence-electron chi connectivity index (χ3n) is 4.46. The summed E-state index contributed by atoms with van der Waals surface area (Å²) >= 11 is 0. The lowest BCUT2D eigenvalue weighted by Crippen LogP contribution is -2.42. The molecular weight excluding hydrogens is 328 g/mol. The Morgan fingerprint density at radius 1 is 1.17 bits per heavy atom. The molecule has 0 amide bonds. The van der Waals surface area contributed by atoms with Crippen LogP contribution in [0.1, 0.15) is 24.0 Å². The molecule has 0 spiro atoms. The van der Waals surface area contributed by atoms with Crippen molar-refractivity contribution in [3.63, 3.8) is 0 Å². The Labute approximate surface area is 142 Å². The Balaban J connectivity index is 1.63. The molecule has 1 saturated heterocycles. The molecule has 1 aliphatic heterocycles. The van der Waals surface area contributed by atoms with Gasteiger partial charge < -0.3 is 4.74 Å². The molecular formula is C16H22N4O3S. The van der Waals surface area contributed by atoms with Gasteiger partial charge in [-0.2, -0.15) is 4.31 Å². The second kappa shape index (κ2) is 6.52. The van der Waals surface area contributed by atoms with E-state index in [1.807, 2.05) is 18.2 Å². The first-order chi connectivity index (χ1) is 11.4. The van der Waals surface area contributed by atoms with Crippen molar-refractivity contribution in [2.45, 2.75) is 37.8 Å². The van der Waals surface area contributed by atoms with Gasteiger partial charge in [0.2, 0.25) is 0 Å². The Hall–Kier alpha value is -1.93. The Morgan fingerprint density at radius 2 is 1.88 bits per heavy atom. The highest BCUT2D eigenvalue weighted by Gasteiger charge is 2.32. The van der Waals surface area contributed by atoms with Gasteiger partial charge in [-0.1, -0.05) is 11.3 Å². The number of piperidine rings is 1. The topological polar surface area (TPSA) is 77.3 Å². The van der Waals surface area contributed by atoms with Gasteiger partial charge in [-0.25, -0.2) is 13.1 Å². The third-order valence-corrected chi connectivity index (χ3v) is 6.40. The average molecular weight is 350 g/mol. The van der Waals surface area contributed by atoms with E-state index in [0.29, 0.717) is 25.9 Å². The van der Waals surface area contributed by atoms with Crippen LogP contribution in [0.15, 0.2) is 29.4 Å². The summed E-state index contributed by atoms with van der Waals surface area (Å²) < 4.78 is 34.0. The lowest BCUT2D eigenvalue weighted by molar-refractivity contribution is 0.135. The SMILES string of the molecule is Cc1ccc(OC2CCN(S(=O)(=O)c3cnnn3C)CC2)cc1C. The molecule has 130 valence electrons. The highest BCUT2D eigenvalue weighted by Crippen LogP contribution is 2.24. The molecule has 0 atom stereocenters. The maximum atomic E-state index is 12.6. The van der Waals surface area contributed by atoms with Gasteiger partial charge in [0.1, 0.15) is 11.9 Å². The standard InChI is InChI=1S/C16H22N4O3S/c1-12-4-5-15(10-13(12)2)23-14-6-8-20(9-7-14)24(21,22)16-11-17-18-19(16)3/h4-5,10-11,14H,6-9H2,1-3H3. The molecule has 0 N–H and O–H groups in total. The van der Waals surface area contributed by atoms with Crippen molar-refractivity contribution in [1.29, 1.82) is 0 Å². The monoisotopic (exact) mass is 350 g/mol. The lowest BCUT2D eigenvalue weighted by Gasteiger charge is -2.31. The average Bonchev–Trinajstić information content (AvgIpc) is 2.98. The zero-order valence-electron chi connectivity index (χ0n) is 14.1. The van der Waals surface area contributed by atoms with Crippen LogP contribution in [0.25, 0.3) is 0 Å². The molecule has 1 aliphatic rings. The largest absolute Gasteiger partial charge is 0.490 e. The Bertz CT molecular complexity index is 824. The summed E-state index contributed by atoms with van der Waals surface area (Å²) in [5, 5.41) is 7.47. The van der Waals surface area contributed by atoms with Crippen LogP contribution in [-0.4, -0.2) is 46.9 Å². The number of aryl methyl sites for hydroxylation is 3. The van der Waals surface area contributed by atoms with E-state index in [4.69, 9.17) is 4.74 Å². The van der Waals surface area contributed by atoms with E-state index >= 15 is 0 Å². The Morgan fingerprint density at radius 3 is 2.46 bits per heavy atom. The molecule has 1 aromatic carbocycles. The normalized spacial score (nSPS) is 17.1. The van der Waals surface area contributed by atoms with E-state index in [-0.39, 0.29) is 11.1 Å². The minimum absolute atomic E-state index is 0.0308. The Kier molecular flexibility index (Phi) is 4.60. The molecule has 2 heterocycles. The quantitative estimate of drug-likeness (QED) is 0.838. The number of rotatable bonds is 4. The number of hydrogen-bond donors (Lipinski definition) is 0. The van der Waals surface area contributed by atoms with Crippen molar-refractivity contribution in [2.75, 3.05) is 13.1 Å². The van der Waals surface area contributed by atoms with Gasteiger partial charge in [0.15, 0.2) is 5.03 Å². The van der Waals surface area contributed by atoms with E-state index in [1.54, 1.807) is 7.05 Å². The van der Waals surface area contributed by atoms with Crippen LogP contribution in [0.4, 0.5) is 0 Å². The van der Waals surface area contributed by atoms with Crippen LogP contribution >= 0.6 is 0 Å². The maximum Gasteiger partial charge on any atom is 0.261 e. The van der Waals surface area contributed by atoms with E-state index in [1.165, 1.54) is 26.3 Å². The fraction of sp³-hybridized carbons (Fsp3) is 0.500. The summed E-state index contributed by atoms with van der Waals surface area (Å²) in [6.07, 6.45) is 2.64. The number of benzene rings is 1. The molecule has 0 unspecified atom stereocenters. The van der Waals surface area contributed by atoms with Crippen LogP contribution in [-0.2, 0) is 17.1 Å². The van der Waals surface area contributed by atoms with Crippen LogP contribution in [0.3, 0.4) is 0 Å². The first-order valence-corrected chi connectivity index (χ1v) is 9.40. The van der Waals surface area contributed by atoms with Gasteiger partial charge in [-0.15, -0.1) is 5.10 Å². The fourth-order valence-corrected chi connectivity index (χ4v) is 4.32. The van der Waals surface area contributed by atoms with Gasteiger partial charge in [0, 0.05) is 20.1 Å². The number of nitrogens with zero attached hydrogens (tertiary/aromatic N) is 4. The molecule has 8 heteroatoms. The maximum absolute atomic E-state index is 12.6. The minimum atomic E-state index is -3.54. The number of hydrogen-bond acceptors (Lipinski definition) is 5. The van der Waals surface area contributed by atoms with Gasteiger partial charge in [0.05, 0.1) is 6.20 Å². The number of aromatic nitrogens is 3. The van der Waals surface area contributed by atoms with Crippen molar-refractivity contribution < 1.29 is 13.2 Å². The predicted octanol–water partition coefficient (Wildman–Crippen LogP) is 1.66. The van der Waals surface area contributed by atoms with Gasteiger partial charge >= 0.3 is 0 Å². The predicted molar refractivity (Wildman–Crippen MR) is 89.3 cm³/mol. The van der Waals surface area contributed by atoms with Crippen LogP contribution in [0, 0.1) is 13.8 Å². The second-order valence-corrected chi connectivity index (χ2v) is 8.05. The molecule has 0 aliphatic carbocycles. The van der Waals surface area contributed by atoms with Crippen LogP contribution in [0.5, 0.6) is 5.75 Å². The summed E-state index contributed by atoms with van der Waals surface area (Å²) in [5.74, 6) is 0.843. The second-order valence-electron chi connectivity index (χ2n) is 6.16. The van der Waals surface area contributed by atoms with Gasteiger partial charge in [-0.3, -0.25) is 0 Å². The summed E-state index contributed by atoms with van der Waals surface area (Å²) in [6.45, 7) is 4.99. The molecule has 3 rings (SSSR count). The van der Waals surface area contributed by atoms with Crippen molar-refractivity contribution >= 4 is 10.0 Å². The molecule has 24 heavy (non-hydrogen) atoms. The van der Waals surface area contributed by atoms with E-state index in [9.17, 15) is 8.42 Å². The zero-order chi connectivity index (χ0) is 17.3. The van der Waals surface area contributed by atoms with Gasteiger partial charge in [-0.05, 0) is 49.9 Å². The molecule has 0 saturated carbocycles. The molecule has 1 aromatic heterocycles. The van der Waals surface area contributed by atoms with Crippen molar-refractivity contribution in [3.05, 3.63) is 35.5 Å². The summed E-state index contributed by atoms with van der Waals surface area (Å²) in [7, 11) is -1.96. The highest BCUT2D eigenvalue weighted by molar-refractivity contribution is 7.89. The summed E-state index contributed by atoms with van der Waals surface area (Å²) in [5.41, 5.74) is 2.42. The summed E-state index contributed by atoms with van der Waals surface area (Å²) in [4.78, 5) is 0. The van der Waals surface area contributed by atoms with Crippen LogP contribution in [0.2, 0.25) is 0 Å². The number of sulfonamides is 1. The fourth-order valence-electron chi connectivity index (χ4n) is 2.82. The minimum Gasteiger partial charge on any atom is -0.490 e. The van der Waals surface area contributed by atoms with Crippen molar-refractivity contribution in [1.82, 2.24) is 19.3 Å². The first-order valence-electron chi connectivity index (χ1n) is 7.96. The molecule has 7 nitrogen and oxygen atoms in total. The summed E-state index contributed by atoms with van der Waals surface area (Å²) in [6, 6.07) is 6.03. The molecule has 0 radical (unpaired) electrons. The first kappa shape index (κ1) is 16.9. The van der Waals surface area contributed by atoms with Crippen molar-refractivity contribution in [2.24, 2.45) is 7.05 Å². The molecule has 1 fully saturated rings. The van der Waals surface area contributed by atoms with Crippen LogP contribution < -0.4 is 4.74 Å². The lowest BCUT2D eigenvalue weighted by atomic mass is 10.1. The third kappa shape index (κ3) is 3.29. The highest BCUT2D eigenvalue weighted by atomic mass is 32.2. The zero-order valence-corrected chi connectivity index (χ0v) is 15.0. The molecule has 2 aromatic rings. The van der Waals surface area contributed by atoms with Gasteiger partial charge in [0.25, 0.3) is 10.0 Å². The van der Waals surface area contributed by atoms with Crippen molar-refractivity contribution in [3.8, 4) is 5.75 Å². The molecule has 0 bridgehead atoms. The van der Waals surface area contributed by atoms with E-state index in [0.717, 1.165) is 5.75 Å².